The molecule has 0 radical (unpaired) electrons. The van der Waals surface area contributed by atoms with Gasteiger partial charge in [0.2, 0.25) is 0 Å². The van der Waals surface area contributed by atoms with Crippen molar-refractivity contribution in [3.05, 3.63) is 46.6 Å². The van der Waals surface area contributed by atoms with Crippen LogP contribution >= 0.6 is 37.0 Å². The van der Waals surface area contributed by atoms with Crippen molar-refractivity contribution in [1.29, 1.82) is 0 Å². The standard InChI is InChI=1S/C27H40S3.C4H8.C2H6.C2H2/c1-15-8-7-9-21(28)22(14-17(15)3)30-26-23-16(2)12-13-27(6)18(4)10-11-20(24(23)27)19(5)25(26)29;1-4(2)3;2*1-2/h7-8,15-18,21-22,28-29H,9-14H2,1-6H3;1H2,2-3H3;1-2H3;1-2H/t15?,16-,17?,18?,21?,22?,27?;;;/m1.../s1. The molecule has 0 amide bonds. The lowest BCUT2D eigenvalue weighted by molar-refractivity contribution is 0.228. The van der Waals surface area contributed by atoms with Crippen molar-refractivity contribution in [1.82, 2.24) is 0 Å². The maximum absolute atomic E-state index is 5.17. The fourth-order valence-electron chi connectivity index (χ4n) is 6.21. The second-order valence-electron chi connectivity index (χ2n) is 12.0. The van der Waals surface area contributed by atoms with E-state index in [0.717, 1.165) is 12.3 Å². The zero-order chi connectivity index (χ0) is 29.4. The lowest BCUT2D eigenvalue weighted by Gasteiger charge is -2.49. The number of hydrogen-bond acceptors (Lipinski definition) is 3. The average molecular weight is 573 g/mol. The van der Waals surface area contributed by atoms with E-state index in [2.05, 4.69) is 84.9 Å². The first-order chi connectivity index (χ1) is 17.9. The van der Waals surface area contributed by atoms with Crippen LogP contribution in [0.25, 0.3) is 0 Å². The van der Waals surface area contributed by atoms with Crippen molar-refractivity contribution in [2.24, 2.45) is 17.8 Å². The minimum absolute atomic E-state index is 0.336. The summed E-state index contributed by atoms with van der Waals surface area (Å²) < 4.78 is 0. The zero-order valence-corrected chi connectivity index (χ0v) is 28.6. The molecule has 0 nitrogen and oxygen atoms in total. The molecule has 0 aromatic heterocycles. The Morgan fingerprint density at radius 3 is 2.26 bits per heavy atom. The lowest BCUT2D eigenvalue weighted by atomic mass is 9.57. The number of rotatable bonds is 2. The van der Waals surface area contributed by atoms with Gasteiger partial charge in [-0.3, -0.25) is 0 Å². The number of allylic oxidation sites excluding steroid dienone is 3. The van der Waals surface area contributed by atoms with Gasteiger partial charge < -0.3 is 0 Å². The summed E-state index contributed by atoms with van der Waals surface area (Å²) in [5.74, 6) is 2.74. The van der Waals surface area contributed by atoms with Gasteiger partial charge in [0.15, 0.2) is 0 Å². The van der Waals surface area contributed by atoms with E-state index in [1.165, 1.54) is 53.0 Å². The summed E-state index contributed by atoms with van der Waals surface area (Å²) in [6.45, 7) is 26.1. The highest BCUT2D eigenvalue weighted by Crippen LogP contribution is 2.57. The normalized spacial score (nSPS) is 31.4. The molecule has 0 heterocycles. The van der Waals surface area contributed by atoms with Gasteiger partial charge >= 0.3 is 0 Å². The Bertz CT molecular complexity index is 967. The third-order valence-corrected chi connectivity index (χ3v) is 11.9. The van der Waals surface area contributed by atoms with E-state index in [1.54, 1.807) is 16.7 Å². The summed E-state index contributed by atoms with van der Waals surface area (Å²) in [6.07, 6.45) is 20.3. The van der Waals surface area contributed by atoms with E-state index >= 15 is 0 Å². The molecule has 7 atom stereocenters. The Balaban J connectivity index is 0.000000811. The molecule has 1 aromatic carbocycles. The first-order valence-electron chi connectivity index (χ1n) is 14.7. The largest absolute Gasteiger partial charge is 0.174 e. The van der Waals surface area contributed by atoms with Crippen LogP contribution in [0.2, 0.25) is 0 Å². The maximum Gasteiger partial charge on any atom is 0.0249 e. The molecule has 6 unspecified atom stereocenters. The number of thiol groups is 2. The molecule has 0 fully saturated rings. The minimum Gasteiger partial charge on any atom is -0.174 e. The molecule has 0 aliphatic heterocycles. The van der Waals surface area contributed by atoms with E-state index < -0.39 is 0 Å². The van der Waals surface area contributed by atoms with Gasteiger partial charge in [-0.1, -0.05) is 66.2 Å². The summed E-state index contributed by atoms with van der Waals surface area (Å²) in [4.78, 5) is 2.76. The van der Waals surface area contributed by atoms with Crippen molar-refractivity contribution >= 4 is 37.0 Å². The van der Waals surface area contributed by atoms with Crippen LogP contribution in [0.5, 0.6) is 0 Å². The van der Waals surface area contributed by atoms with Crippen LogP contribution in [0.15, 0.2) is 34.1 Å². The smallest absolute Gasteiger partial charge is 0.0249 e. The predicted molar refractivity (Wildman–Crippen MR) is 182 cm³/mol. The van der Waals surface area contributed by atoms with Crippen LogP contribution in [0.3, 0.4) is 0 Å². The fraction of sp³-hybridized carbons (Fsp3) is 0.657. The van der Waals surface area contributed by atoms with Gasteiger partial charge in [0.25, 0.3) is 0 Å². The second kappa shape index (κ2) is 15.9. The third-order valence-electron chi connectivity index (χ3n) is 8.93. The van der Waals surface area contributed by atoms with Gasteiger partial charge in [0.1, 0.15) is 0 Å². The Hall–Kier alpha value is -0.690. The molecule has 0 N–H and O–H groups in total. The molecule has 1 aromatic rings. The maximum atomic E-state index is 5.17. The molecule has 3 heteroatoms. The summed E-state index contributed by atoms with van der Waals surface area (Å²) in [5, 5.41) is 0.943. The van der Waals surface area contributed by atoms with Crippen molar-refractivity contribution < 1.29 is 0 Å². The highest BCUT2D eigenvalue weighted by molar-refractivity contribution is 8.01. The van der Waals surface area contributed by atoms with E-state index in [-0.39, 0.29) is 0 Å². The Morgan fingerprint density at radius 2 is 1.68 bits per heavy atom. The van der Waals surface area contributed by atoms with E-state index in [1.807, 2.05) is 27.7 Å². The SMILES string of the molecule is C#C.C=C(C)C.CC.Cc1c(S)c(SC2CC(C)C(C)C=CCC2S)c2c3c1CCC(C)C3(C)CC[C@H]2C. The number of terminal acetylenes is 1. The lowest BCUT2D eigenvalue weighted by Crippen LogP contribution is -2.40. The molecule has 38 heavy (non-hydrogen) atoms. The van der Waals surface area contributed by atoms with Crippen LogP contribution in [-0.4, -0.2) is 10.5 Å². The van der Waals surface area contributed by atoms with Crippen LogP contribution in [-0.2, 0) is 11.8 Å². The number of benzene rings is 1. The van der Waals surface area contributed by atoms with Gasteiger partial charge in [-0.05, 0) is 111 Å². The van der Waals surface area contributed by atoms with Gasteiger partial charge in [0, 0.05) is 20.3 Å². The minimum atomic E-state index is 0.336. The molecule has 0 saturated heterocycles. The third kappa shape index (κ3) is 7.95. The molecule has 0 bridgehead atoms. The van der Waals surface area contributed by atoms with Crippen LogP contribution in [0.1, 0.15) is 123 Å². The predicted octanol–water partition coefficient (Wildman–Crippen LogP) is 11.3. The topological polar surface area (TPSA) is 0 Å². The Labute approximate surface area is 252 Å². The van der Waals surface area contributed by atoms with E-state index in [0.29, 0.717) is 33.7 Å². The zero-order valence-electron chi connectivity index (χ0n) is 26.0. The monoisotopic (exact) mass is 572 g/mol. The molecular formula is C35H56S3. The molecule has 0 saturated carbocycles. The first kappa shape index (κ1) is 35.3. The summed E-state index contributed by atoms with van der Waals surface area (Å²) in [5.41, 5.74) is 7.97. The highest BCUT2D eigenvalue weighted by Gasteiger charge is 2.45. The van der Waals surface area contributed by atoms with E-state index in [4.69, 9.17) is 25.3 Å². The molecule has 214 valence electrons. The van der Waals surface area contributed by atoms with Crippen molar-refractivity contribution in [2.75, 3.05) is 0 Å². The van der Waals surface area contributed by atoms with Crippen molar-refractivity contribution in [3.8, 4) is 12.8 Å². The quantitative estimate of drug-likeness (QED) is 0.202. The second-order valence-corrected chi connectivity index (χ2v) is 14.4. The Morgan fingerprint density at radius 1 is 1.11 bits per heavy atom. The number of thioether (sulfide) groups is 1. The Kier molecular flexibility index (Phi) is 14.8. The van der Waals surface area contributed by atoms with Gasteiger partial charge in [-0.25, -0.2) is 0 Å². The highest BCUT2D eigenvalue weighted by atomic mass is 32.2. The van der Waals surface area contributed by atoms with Crippen LogP contribution < -0.4 is 0 Å². The van der Waals surface area contributed by atoms with Gasteiger partial charge in [0.05, 0.1) is 0 Å². The average Bonchev–Trinajstić information content (AvgIpc) is 2.88. The molecular weight excluding hydrogens is 517 g/mol. The molecule has 3 aliphatic rings. The summed E-state index contributed by atoms with van der Waals surface area (Å²) >= 11 is 12.4. The summed E-state index contributed by atoms with van der Waals surface area (Å²) in [6, 6.07) is 0. The van der Waals surface area contributed by atoms with Crippen molar-refractivity contribution in [3.63, 3.8) is 0 Å². The fourth-order valence-corrected chi connectivity index (χ4v) is 8.71. The molecule has 3 aliphatic carbocycles. The molecule has 0 spiro atoms. The van der Waals surface area contributed by atoms with Gasteiger partial charge in [-0.2, -0.15) is 12.6 Å². The van der Waals surface area contributed by atoms with E-state index in [9.17, 15) is 0 Å². The van der Waals surface area contributed by atoms with Gasteiger partial charge in [-0.15, -0.1) is 43.8 Å². The number of hydrogen-bond donors (Lipinski definition) is 2. The summed E-state index contributed by atoms with van der Waals surface area (Å²) in [7, 11) is 0. The molecule has 4 rings (SSSR count). The van der Waals surface area contributed by atoms with Crippen LogP contribution in [0.4, 0.5) is 0 Å². The van der Waals surface area contributed by atoms with Crippen LogP contribution in [0, 0.1) is 37.5 Å². The van der Waals surface area contributed by atoms with Crippen molar-refractivity contribution in [2.45, 2.75) is 139 Å². The first-order valence-corrected chi connectivity index (χ1v) is 16.6.